The van der Waals surface area contributed by atoms with Gasteiger partial charge in [0.15, 0.2) is 11.6 Å². The van der Waals surface area contributed by atoms with Crippen molar-refractivity contribution in [3.63, 3.8) is 0 Å². The normalized spacial score (nSPS) is 9.85. The summed E-state index contributed by atoms with van der Waals surface area (Å²) in [6.07, 6.45) is 0. The number of ether oxygens (including phenoxy) is 1. The van der Waals surface area contributed by atoms with Crippen molar-refractivity contribution in [1.29, 1.82) is 5.26 Å². The van der Waals surface area contributed by atoms with Crippen molar-refractivity contribution >= 4 is 21.9 Å². The minimum Gasteiger partial charge on any atom is -0.478 e. The molecule has 0 radical (unpaired) electrons. The predicted octanol–water partition coefficient (Wildman–Crippen LogP) is 3.95. The number of carbonyl (C=O) groups is 1. The molecule has 0 fully saturated rings. The van der Waals surface area contributed by atoms with E-state index in [1.54, 1.807) is 0 Å². The summed E-state index contributed by atoms with van der Waals surface area (Å²) in [6.45, 7) is 0. The largest absolute Gasteiger partial charge is 0.478 e. The summed E-state index contributed by atoms with van der Waals surface area (Å²) >= 11 is 3.19. The first-order valence-electron chi connectivity index (χ1n) is 5.41. The van der Waals surface area contributed by atoms with Crippen molar-refractivity contribution in [2.45, 2.75) is 0 Å². The Hall–Kier alpha value is -2.39. The molecule has 0 saturated carbocycles. The van der Waals surface area contributed by atoms with E-state index in [1.807, 2.05) is 6.07 Å². The Kier molecular flexibility index (Phi) is 4.01. The third-order valence-electron chi connectivity index (χ3n) is 2.46. The molecule has 0 bridgehead atoms. The van der Waals surface area contributed by atoms with Gasteiger partial charge in [-0.1, -0.05) is 15.9 Å². The molecule has 0 atom stereocenters. The van der Waals surface area contributed by atoms with E-state index < -0.39 is 11.8 Å². The highest BCUT2D eigenvalue weighted by atomic mass is 79.9. The van der Waals surface area contributed by atoms with Crippen molar-refractivity contribution < 1.29 is 19.0 Å². The molecule has 1 N–H and O–H groups in total. The third-order valence-corrected chi connectivity index (χ3v) is 2.95. The van der Waals surface area contributed by atoms with Crippen LogP contribution >= 0.6 is 15.9 Å². The van der Waals surface area contributed by atoms with Gasteiger partial charge in [0.05, 0.1) is 11.1 Å². The highest BCUT2D eigenvalue weighted by molar-refractivity contribution is 9.10. The van der Waals surface area contributed by atoms with Crippen molar-refractivity contribution in [3.8, 4) is 17.6 Å². The lowest BCUT2D eigenvalue weighted by Gasteiger charge is -2.09. The zero-order chi connectivity index (χ0) is 14.7. The molecule has 0 spiro atoms. The molecule has 0 saturated heterocycles. The van der Waals surface area contributed by atoms with Gasteiger partial charge in [0.1, 0.15) is 11.8 Å². The molecule has 0 amide bonds. The highest BCUT2D eigenvalue weighted by Gasteiger charge is 2.12. The number of halogens is 2. The van der Waals surface area contributed by atoms with E-state index in [-0.39, 0.29) is 22.6 Å². The summed E-state index contributed by atoms with van der Waals surface area (Å²) in [6, 6.07) is 9.76. The molecule has 0 aliphatic heterocycles. The van der Waals surface area contributed by atoms with E-state index in [2.05, 4.69) is 15.9 Å². The van der Waals surface area contributed by atoms with Crippen LogP contribution in [0, 0.1) is 17.1 Å². The molecular formula is C14H7BrFNO3. The molecule has 0 aromatic heterocycles. The van der Waals surface area contributed by atoms with E-state index in [0.717, 1.165) is 0 Å². The lowest BCUT2D eigenvalue weighted by Crippen LogP contribution is -1.98. The molecule has 2 rings (SSSR count). The van der Waals surface area contributed by atoms with Crippen LogP contribution in [0.5, 0.6) is 11.5 Å². The standard InChI is InChI=1S/C14H7BrFNO3/c15-10-2-3-11(16)13(6-10)20-12-4-1-8(14(18)19)5-9(12)7-17/h1-6H,(H,18,19). The fourth-order valence-corrected chi connectivity index (χ4v) is 1.85. The number of nitriles is 1. The number of rotatable bonds is 3. The Balaban J connectivity index is 2.41. The van der Waals surface area contributed by atoms with Crippen molar-refractivity contribution in [3.05, 3.63) is 57.8 Å². The molecule has 100 valence electrons. The molecular weight excluding hydrogens is 329 g/mol. The summed E-state index contributed by atoms with van der Waals surface area (Å²) in [5.74, 6) is -1.70. The summed E-state index contributed by atoms with van der Waals surface area (Å²) in [4.78, 5) is 10.8. The van der Waals surface area contributed by atoms with Gasteiger partial charge < -0.3 is 9.84 Å². The molecule has 4 nitrogen and oxygen atoms in total. The molecule has 2 aromatic rings. The molecule has 6 heteroatoms. The second-order valence-corrected chi connectivity index (χ2v) is 4.72. The Bertz CT molecular complexity index is 725. The van der Waals surface area contributed by atoms with Crippen LogP contribution in [0.4, 0.5) is 4.39 Å². The number of carboxylic acid groups (broad SMARTS) is 1. The maximum atomic E-state index is 13.6. The zero-order valence-corrected chi connectivity index (χ0v) is 11.5. The number of carboxylic acids is 1. The maximum absolute atomic E-state index is 13.6. The van der Waals surface area contributed by atoms with Crippen LogP contribution in [-0.4, -0.2) is 11.1 Å². The average molecular weight is 336 g/mol. The minimum absolute atomic E-state index is 0.0178. The summed E-state index contributed by atoms with van der Waals surface area (Å²) < 4.78 is 19.5. The quantitative estimate of drug-likeness (QED) is 0.921. The topological polar surface area (TPSA) is 70.3 Å². The Labute approximate surface area is 122 Å². The monoisotopic (exact) mass is 335 g/mol. The number of benzene rings is 2. The Morgan fingerprint density at radius 1 is 1.25 bits per heavy atom. The number of hydrogen-bond acceptors (Lipinski definition) is 3. The lowest BCUT2D eigenvalue weighted by molar-refractivity contribution is 0.0697. The van der Waals surface area contributed by atoms with E-state index in [1.165, 1.54) is 36.4 Å². The van der Waals surface area contributed by atoms with Gasteiger partial charge >= 0.3 is 5.97 Å². The highest BCUT2D eigenvalue weighted by Crippen LogP contribution is 2.30. The van der Waals surface area contributed by atoms with Gasteiger partial charge in [-0.2, -0.15) is 5.26 Å². The van der Waals surface area contributed by atoms with Gasteiger partial charge in [-0.05, 0) is 36.4 Å². The first-order valence-corrected chi connectivity index (χ1v) is 6.21. The fourth-order valence-electron chi connectivity index (χ4n) is 1.51. The Morgan fingerprint density at radius 3 is 2.65 bits per heavy atom. The van der Waals surface area contributed by atoms with Gasteiger partial charge in [0.25, 0.3) is 0 Å². The molecule has 0 heterocycles. The van der Waals surface area contributed by atoms with Gasteiger partial charge in [0.2, 0.25) is 0 Å². The number of hydrogen-bond donors (Lipinski definition) is 1. The summed E-state index contributed by atoms with van der Waals surface area (Å²) in [5.41, 5.74) is -0.0205. The smallest absolute Gasteiger partial charge is 0.335 e. The van der Waals surface area contributed by atoms with E-state index >= 15 is 0 Å². The van der Waals surface area contributed by atoms with Crippen LogP contribution in [-0.2, 0) is 0 Å². The summed E-state index contributed by atoms with van der Waals surface area (Å²) in [7, 11) is 0. The zero-order valence-electron chi connectivity index (χ0n) is 9.93. The van der Waals surface area contributed by atoms with E-state index in [0.29, 0.717) is 4.47 Å². The Morgan fingerprint density at radius 2 is 2.00 bits per heavy atom. The molecule has 20 heavy (non-hydrogen) atoms. The number of nitrogens with zero attached hydrogens (tertiary/aromatic N) is 1. The van der Waals surface area contributed by atoms with Gasteiger partial charge in [-0.15, -0.1) is 0 Å². The van der Waals surface area contributed by atoms with E-state index in [4.69, 9.17) is 15.1 Å². The summed E-state index contributed by atoms with van der Waals surface area (Å²) in [5, 5.41) is 17.9. The molecule has 0 aliphatic carbocycles. The van der Waals surface area contributed by atoms with Crippen molar-refractivity contribution in [2.24, 2.45) is 0 Å². The van der Waals surface area contributed by atoms with Crippen molar-refractivity contribution in [1.82, 2.24) is 0 Å². The van der Waals surface area contributed by atoms with Crippen LogP contribution in [0.25, 0.3) is 0 Å². The van der Waals surface area contributed by atoms with Crippen molar-refractivity contribution in [2.75, 3.05) is 0 Å². The molecule has 2 aromatic carbocycles. The van der Waals surface area contributed by atoms with E-state index in [9.17, 15) is 9.18 Å². The SMILES string of the molecule is N#Cc1cc(C(=O)O)ccc1Oc1cc(Br)ccc1F. The third kappa shape index (κ3) is 2.95. The maximum Gasteiger partial charge on any atom is 0.335 e. The van der Waals surface area contributed by atoms with Crippen LogP contribution in [0.15, 0.2) is 40.9 Å². The van der Waals surface area contributed by atoms with Gasteiger partial charge in [-0.3, -0.25) is 0 Å². The lowest BCUT2D eigenvalue weighted by atomic mass is 10.1. The number of aromatic carboxylic acids is 1. The first-order chi connectivity index (χ1) is 9.51. The van der Waals surface area contributed by atoms with Crippen LogP contribution in [0.3, 0.4) is 0 Å². The second-order valence-electron chi connectivity index (χ2n) is 3.80. The van der Waals surface area contributed by atoms with Crippen LogP contribution < -0.4 is 4.74 Å². The minimum atomic E-state index is -1.15. The van der Waals surface area contributed by atoms with Gasteiger partial charge in [-0.25, -0.2) is 9.18 Å². The molecule has 0 aliphatic rings. The van der Waals surface area contributed by atoms with Gasteiger partial charge in [0, 0.05) is 4.47 Å². The predicted molar refractivity (Wildman–Crippen MR) is 72.3 cm³/mol. The molecule has 0 unspecified atom stereocenters. The van der Waals surface area contributed by atoms with Crippen LogP contribution in [0.2, 0.25) is 0 Å². The second kappa shape index (κ2) is 5.72. The first kappa shape index (κ1) is 14.0. The fraction of sp³-hybridized carbons (Fsp3) is 0. The average Bonchev–Trinajstić information content (AvgIpc) is 2.43. The van der Waals surface area contributed by atoms with Crippen LogP contribution in [0.1, 0.15) is 15.9 Å².